The van der Waals surface area contributed by atoms with Crippen molar-refractivity contribution in [3.8, 4) is 0 Å². The number of nitrogens with one attached hydrogen (secondary N) is 1. The van der Waals surface area contributed by atoms with Gasteiger partial charge in [0.2, 0.25) is 0 Å². The van der Waals surface area contributed by atoms with E-state index in [4.69, 9.17) is 22.2 Å². The second-order valence-electron chi connectivity index (χ2n) is 8.31. The van der Waals surface area contributed by atoms with Gasteiger partial charge >= 0.3 is 5.97 Å². The van der Waals surface area contributed by atoms with Gasteiger partial charge in [0, 0.05) is 23.1 Å². The third-order valence-corrected chi connectivity index (χ3v) is 8.48. The highest BCUT2D eigenvalue weighted by atomic mass is 35.5. The van der Waals surface area contributed by atoms with Crippen LogP contribution in [-0.4, -0.2) is 72.3 Å². The van der Waals surface area contributed by atoms with Gasteiger partial charge < -0.3 is 30.5 Å². The molecule has 3 aromatic rings. The number of carbonyl (C=O) groups is 3. The highest BCUT2D eigenvalue weighted by Gasteiger charge is 2.55. The molecule has 13 nitrogen and oxygen atoms in total. The third-order valence-electron chi connectivity index (χ3n) is 6.05. The molecule has 2 aliphatic rings. The molecule has 38 heavy (non-hydrogen) atoms. The van der Waals surface area contributed by atoms with Crippen molar-refractivity contribution in [3.63, 3.8) is 0 Å². The SMILES string of the molecule is CO/N=C(\C(=O)N[C@@H]1C(=O)N2C(C(=O)O)=C(C[n+]3ccn4ccc(CO)c4c3)CS[C@@H]12)c1nc(N)sc1Cl. The normalized spacial score (nSPS) is 19.4. The molecule has 2 amide bonds. The lowest BCUT2D eigenvalue weighted by Crippen LogP contribution is -2.71. The van der Waals surface area contributed by atoms with E-state index in [1.807, 2.05) is 16.8 Å². The van der Waals surface area contributed by atoms with E-state index >= 15 is 0 Å². The fourth-order valence-corrected chi connectivity index (χ4v) is 6.62. The molecule has 5 rings (SSSR count). The number of fused-ring (bicyclic) bond motifs is 2. The minimum atomic E-state index is -1.24. The van der Waals surface area contributed by atoms with Gasteiger partial charge in [-0.05, 0) is 6.07 Å². The van der Waals surface area contributed by atoms with E-state index in [2.05, 4.69) is 15.5 Å². The number of carbonyl (C=O) groups excluding carboxylic acids is 2. The van der Waals surface area contributed by atoms with Crippen molar-refractivity contribution in [1.82, 2.24) is 19.6 Å². The average Bonchev–Trinajstić information content (AvgIpc) is 3.46. The maximum absolute atomic E-state index is 13.1. The minimum Gasteiger partial charge on any atom is -0.477 e. The van der Waals surface area contributed by atoms with Crippen molar-refractivity contribution in [3.05, 3.63) is 57.7 Å². The molecule has 16 heteroatoms. The van der Waals surface area contributed by atoms with E-state index in [9.17, 15) is 24.6 Å². The summed E-state index contributed by atoms with van der Waals surface area (Å²) in [5, 5.41) is 25.3. The van der Waals surface area contributed by atoms with Crippen LogP contribution < -0.4 is 15.6 Å². The first kappa shape index (κ1) is 26.0. The summed E-state index contributed by atoms with van der Waals surface area (Å²) in [6.45, 7) is 0.0957. The number of thiazole rings is 1. The van der Waals surface area contributed by atoms with Crippen LogP contribution in [0.3, 0.4) is 0 Å². The smallest absolute Gasteiger partial charge is 0.352 e. The average molecular weight is 579 g/mol. The Bertz CT molecular complexity index is 1530. The van der Waals surface area contributed by atoms with E-state index in [-0.39, 0.29) is 39.7 Å². The number of nitrogens with zero attached hydrogens (tertiary/aromatic N) is 5. The zero-order chi connectivity index (χ0) is 27.1. The molecule has 0 spiro atoms. The summed E-state index contributed by atoms with van der Waals surface area (Å²) in [7, 11) is 1.24. The number of oxime groups is 1. The number of anilines is 1. The number of hydrogen-bond donors (Lipinski definition) is 4. The lowest BCUT2D eigenvalue weighted by Gasteiger charge is -2.49. The highest BCUT2D eigenvalue weighted by molar-refractivity contribution is 8.00. The predicted molar refractivity (Wildman–Crippen MR) is 138 cm³/mol. The number of amides is 2. The van der Waals surface area contributed by atoms with Crippen molar-refractivity contribution < 1.29 is 34.0 Å². The van der Waals surface area contributed by atoms with Gasteiger partial charge in [-0.2, -0.15) is 4.57 Å². The van der Waals surface area contributed by atoms with Crippen LogP contribution in [0.4, 0.5) is 5.13 Å². The van der Waals surface area contributed by atoms with Gasteiger partial charge in [0.25, 0.3) is 11.8 Å². The van der Waals surface area contributed by atoms with Crippen LogP contribution in [0.1, 0.15) is 11.3 Å². The molecule has 0 unspecified atom stereocenters. The van der Waals surface area contributed by atoms with Gasteiger partial charge in [0.1, 0.15) is 39.8 Å². The summed E-state index contributed by atoms with van der Waals surface area (Å²) in [6, 6.07) is 0.813. The molecule has 0 bridgehead atoms. The van der Waals surface area contributed by atoms with Crippen LogP contribution >= 0.6 is 34.7 Å². The van der Waals surface area contributed by atoms with Crippen molar-refractivity contribution in [2.45, 2.75) is 24.6 Å². The fourth-order valence-electron chi connectivity index (χ4n) is 4.35. The molecular weight excluding hydrogens is 558 g/mol. The Labute approximate surface area is 228 Å². The molecule has 3 aromatic heterocycles. The lowest BCUT2D eigenvalue weighted by atomic mass is 10.0. The van der Waals surface area contributed by atoms with Crippen molar-refractivity contribution in [1.29, 1.82) is 0 Å². The standard InChI is InChI=1S/C22H20ClN7O6S2/c1-36-27-14(13-17(23)38-22(24)26-13)18(32)25-15-19(33)30-16(21(34)35)11(9-37-20(15)30)6-28-4-5-29-3-2-10(8-31)12(29)7-28/h2-5,7,15,20,31H,6,8-9H2,1H3,(H3-,24,25,26,32,34,35)/p+1/b27-14-/t15-,20+/m1/s1. The number of aliphatic hydroxyl groups excluding tert-OH is 1. The van der Waals surface area contributed by atoms with Crippen LogP contribution in [0.15, 0.2) is 47.3 Å². The molecule has 2 aliphatic heterocycles. The minimum absolute atomic E-state index is 0.0168. The monoisotopic (exact) mass is 578 g/mol. The molecule has 0 aliphatic carbocycles. The number of halogens is 1. The summed E-state index contributed by atoms with van der Waals surface area (Å²) < 4.78 is 3.78. The Balaban J connectivity index is 1.37. The van der Waals surface area contributed by atoms with E-state index in [1.165, 1.54) is 23.8 Å². The van der Waals surface area contributed by atoms with E-state index in [0.717, 1.165) is 22.4 Å². The number of nitrogen functional groups attached to an aromatic ring is 1. The van der Waals surface area contributed by atoms with Crippen molar-refractivity contribution >= 4 is 68.8 Å². The maximum Gasteiger partial charge on any atom is 0.352 e. The number of hydrogen-bond acceptors (Lipinski definition) is 10. The largest absolute Gasteiger partial charge is 0.477 e. The quantitative estimate of drug-likeness (QED) is 0.126. The summed E-state index contributed by atoms with van der Waals surface area (Å²) in [5.74, 6) is -2.25. The summed E-state index contributed by atoms with van der Waals surface area (Å²) in [4.78, 5) is 48.3. The lowest BCUT2D eigenvalue weighted by molar-refractivity contribution is -0.688. The molecule has 2 atom stereocenters. The molecule has 0 saturated carbocycles. The number of aromatic nitrogens is 3. The van der Waals surface area contributed by atoms with Crippen LogP contribution in [0.25, 0.3) is 5.52 Å². The van der Waals surface area contributed by atoms with Crippen molar-refractivity contribution in [2.75, 3.05) is 18.6 Å². The van der Waals surface area contributed by atoms with Crippen molar-refractivity contribution in [2.24, 2.45) is 5.16 Å². The van der Waals surface area contributed by atoms with Crippen LogP contribution in [0.5, 0.6) is 0 Å². The number of aliphatic hydroxyl groups is 1. The maximum atomic E-state index is 13.1. The number of thioether (sulfide) groups is 1. The van der Waals surface area contributed by atoms with Gasteiger partial charge in [0.15, 0.2) is 29.8 Å². The molecule has 1 fully saturated rings. The molecule has 198 valence electrons. The summed E-state index contributed by atoms with van der Waals surface area (Å²) in [5.41, 5.74) is 7.37. The van der Waals surface area contributed by atoms with E-state index in [1.54, 1.807) is 23.0 Å². The predicted octanol–water partition coefficient (Wildman–Crippen LogP) is 0.201. The Kier molecular flexibility index (Phi) is 7.00. The highest BCUT2D eigenvalue weighted by Crippen LogP contribution is 2.40. The molecule has 5 N–H and O–H groups in total. The number of aliphatic carboxylic acids is 1. The Hall–Kier alpha value is -3.66. The Morgan fingerprint density at radius 2 is 2.21 bits per heavy atom. The van der Waals surface area contributed by atoms with Gasteiger partial charge in [0.05, 0.1) is 12.8 Å². The third kappa shape index (κ3) is 4.47. The Morgan fingerprint density at radius 3 is 2.87 bits per heavy atom. The first-order valence-electron chi connectivity index (χ1n) is 11.1. The zero-order valence-electron chi connectivity index (χ0n) is 19.7. The number of carboxylic acid groups (broad SMARTS) is 1. The topological polar surface area (TPSA) is 176 Å². The van der Waals surface area contributed by atoms with E-state index in [0.29, 0.717) is 11.3 Å². The first-order valence-corrected chi connectivity index (χ1v) is 13.3. The van der Waals surface area contributed by atoms with Gasteiger partial charge in [-0.1, -0.05) is 28.1 Å². The van der Waals surface area contributed by atoms with Gasteiger partial charge in [-0.15, -0.1) is 11.8 Å². The number of β-lactam (4-membered cyclic amide) rings is 1. The number of carboxylic acids is 1. The molecule has 1 saturated heterocycles. The molecule has 0 aromatic carbocycles. The summed E-state index contributed by atoms with van der Waals surface area (Å²) >= 11 is 8.41. The zero-order valence-corrected chi connectivity index (χ0v) is 22.1. The van der Waals surface area contributed by atoms with E-state index < -0.39 is 29.2 Å². The second kappa shape index (κ2) is 10.2. The van der Waals surface area contributed by atoms with Crippen LogP contribution in [0.2, 0.25) is 4.34 Å². The molecular formula is C22H21ClN7O6S2+. The Morgan fingerprint density at radius 1 is 1.42 bits per heavy atom. The van der Waals surface area contributed by atoms with Gasteiger partial charge in [-0.25, -0.2) is 9.78 Å². The number of rotatable bonds is 8. The van der Waals surface area contributed by atoms with Crippen LogP contribution in [0, 0.1) is 0 Å². The second-order valence-corrected chi connectivity index (χ2v) is 11.0. The van der Waals surface area contributed by atoms with Gasteiger partial charge in [-0.3, -0.25) is 14.5 Å². The molecule has 5 heterocycles. The first-order chi connectivity index (χ1) is 18.2. The van der Waals surface area contributed by atoms with Crippen LogP contribution in [-0.2, 0) is 32.4 Å². The number of nitrogens with two attached hydrogens (primary N) is 1. The molecule has 0 radical (unpaired) electrons. The summed E-state index contributed by atoms with van der Waals surface area (Å²) in [6.07, 6.45) is 7.21. The fraction of sp³-hybridized carbons (Fsp3) is 0.273.